The number of carboxylic acids is 1. The average Bonchev–Trinajstić information content (AvgIpc) is 2.88. The molecule has 208 valence electrons. The maximum atomic E-state index is 13.0. The van der Waals surface area contributed by atoms with Gasteiger partial charge in [-0.1, -0.05) is 47.5 Å². The summed E-state index contributed by atoms with van der Waals surface area (Å²) in [7, 11) is -3.84. The van der Waals surface area contributed by atoms with Crippen LogP contribution in [0.1, 0.15) is 40.0 Å². The van der Waals surface area contributed by atoms with Gasteiger partial charge in [-0.25, -0.2) is 8.42 Å². The molecule has 40 heavy (non-hydrogen) atoms. The molecule has 1 heterocycles. The topological polar surface area (TPSA) is 131 Å². The van der Waals surface area contributed by atoms with Crippen LogP contribution in [0.5, 0.6) is 0 Å². The van der Waals surface area contributed by atoms with E-state index in [1.807, 2.05) is 30.3 Å². The maximum Gasteiger partial charge on any atom is 0.325 e. The van der Waals surface area contributed by atoms with Gasteiger partial charge < -0.3 is 10.4 Å². The van der Waals surface area contributed by atoms with Gasteiger partial charge in [-0.05, 0) is 60.5 Å². The van der Waals surface area contributed by atoms with E-state index in [1.165, 1.54) is 29.4 Å². The highest BCUT2D eigenvalue weighted by molar-refractivity contribution is 7.92. The molecule has 3 aromatic rings. The summed E-state index contributed by atoms with van der Waals surface area (Å²) in [5, 5.41) is 22.2. The quantitative estimate of drug-likeness (QED) is 0.374. The van der Waals surface area contributed by atoms with Crippen LogP contribution in [0.4, 0.5) is 5.69 Å². The molecule has 1 amide bonds. The predicted molar refractivity (Wildman–Crippen MR) is 153 cm³/mol. The molecule has 0 bridgehead atoms. The first kappa shape index (κ1) is 29.4. The van der Waals surface area contributed by atoms with E-state index in [0.29, 0.717) is 23.1 Å². The summed E-state index contributed by atoms with van der Waals surface area (Å²) in [5.74, 6) is -1.96. The zero-order valence-electron chi connectivity index (χ0n) is 21.6. The number of nitrogens with zero attached hydrogens (tertiary/aromatic N) is 3. The summed E-state index contributed by atoms with van der Waals surface area (Å²) in [6.07, 6.45) is 1.07. The molecule has 3 aromatic carbocycles. The molecule has 1 aliphatic heterocycles. The Hall–Kier alpha value is -3.62. The van der Waals surface area contributed by atoms with Crippen molar-refractivity contribution in [2.45, 2.75) is 25.0 Å². The molecule has 0 aromatic heterocycles. The van der Waals surface area contributed by atoms with Crippen molar-refractivity contribution in [1.29, 1.82) is 5.26 Å². The first-order valence-electron chi connectivity index (χ1n) is 12.2. The molecule has 1 aliphatic rings. The number of hydrogen-bond donors (Lipinski definition) is 2. The first-order valence-corrected chi connectivity index (χ1v) is 14.8. The Morgan fingerprint density at radius 2 is 1.55 bits per heavy atom. The smallest absolute Gasteiger partial charge is 0.325 e. The molecule has 1 atom stereocenters. The van der Waals surface area contributed by atoms with Gasteiger partial charge in [0.2, 0.25) is 10.0 Å². The van der Waals surface area contributed by atoms with Crippen molar-refractivity contribution in [3.05, 3.63) is 99.0 Å². The lowest BCUT2D eigenvalue weighted by Gasteiger charge is -2.48. The standard InChI is InChI=1S/C28H26Cl2N4O5S/c1-17(28(36)37)32-27(35)21-11-18(14-31)12-24(13-21)34(40(2,38)39)25-15-33(16-25)26(19-3-7-22(29)8-4-19)20-5-9-23(30)10-6-20/h3-13,17,25-26H,15-16H2,1-2H3,(H,32,35)(H,36,37)/t17-/m0/s1. The van der Waals surface area contributed by atoms with E-state index in [-0.39, 0.29) is 22.9 Å². The maximum absolute atomic E-state index is 13.0. The van der Waals surface area contributed by atoms with Crippen LogP contribution in [0.2, 0.25) is 10.0 Å². The van der Waals surface area contributed by atoms with Gasteiger partial charge in [0.1, 0.15) is 6.04 Å². The molecule has 0 unspecified atom stereocenters. The Labute approximate surface area is 242 Å². The number of likely N-dealkylation sites (tertiary alicyclic amines) is 1. The molecule has 4 rings (SSSR count). The zero-order valence-corrected chi connectivity index (χ0v) is 23.9. The van der Waals surface area contributed by atoms with Crippen molar-refractivity contribution in [3.63, 3.8) is 0 Å². The number of benzene rings is 3. The highest BCUT2D eigenvalue weighted by Crippen LogP contribution is 2.37. The van der Waals surface area contributed by atoms with Crippen LogP contribution in [0.3, 0.4) is 0 Å². The Bertz CT molecular complexity index is 1520. The van der Waals surface area contributed by atoms with Crippen LogP contribution >= 0.6 is 23.2 Å². The minimum absolute atomic E-state index is 0.0211. The van der Waals surface area contributed by atoms with Crippen molar-refractivity contribution in [3.8, 4) is 6.07 Å². The predicted octanol–water partition coefficient (Wildman–Crippen LogP) is 4.31. The van der Waals surface area contributed by atoms with E-state index < -0.39 is 34.0 Å². The lowest BCUT2D eigenvalue weighted by Crippen LogP contribution is -2.61. The second kappa shape index (κ2) is 11.9. The fourth-order valence-corrected chi connectivity index (χ4v) is 6.12. The van der Waals surface area contributed by atoms with Crippen molar-refractivity contribution in [2.24, 2.45) is 0 Å². The number of carbonyl (C=O) groups excluding carboxylic acids is 1. The van der Waals surface area contributed by atoms with Crippen molar-refractivity contribution >= 4 is 50.8 Å². The fourth-order valence-electron chi connectivity index (χ4n) is 4.70. The molecular weight excluding hydrogens is 575 g/mol. The summed E-state index contributed by atoms with van der Waals surface area (Å²) < 4.78 is 27.3. The van der Waals surface area contributed by atoms with E-state index >= 15 is 0 Å². The van der Waals surface area contributed by atoms with Crippen LogP contribution in [0, 0.1) is 11.3 Å². The van der Waals surface area contributed by atoms with Crippen LogP contribution in [-0.2, 0) is 14.8 Å². The number of amides is 1. The third-order valence-corrected chi connectivity index (χ3v) is 8.33. The van der Waals surface area contributed by atoms with Gasteiger partial charge >= 0.3 is 5.97 Å². The summed E-state index contributed by atoms with van der Waals surface area (Å²) in [4.78, 5) is 26.0. The van der Waals surface area contributed by atoms with Gasteiger partial charge in [0.15, 0.2) is 0 Å². The van der Waals surface area contributed by atoms with E-state index in [0.717, 1.165) is 17.4 Å². The third-order valence-electron chi connectivity index (χ3n) is 6.60. The second-order valence-corrected chi connectivity index (χ2v) is 12.3. The summed E-state index contributed by atoms with van der Waals surface area (Å²) in [5.41, 5.74) is 2.12. The molecule has 2 N–H and O–H groups in total. The van der Waals surface area contributed by atoms with Gasteiger partial charge in [-0.15, -0.1) is 0 Å². The lowest BCUT2D eigenvalue weighted by molar-refractivity contribution is -0.138. The lowest BCUT2D eigenvalue weighted by atomic mass is 9.93. The Kier molecular flexibility index (Phi) is 8.71. The van der Waals surface area contributed by atoms with Gasteiger partial charge in [-0.2, -0.15) is 5.26 Å². The molecule has 0 radical (unpaired) electrons. The van der Waals surface area contributed by atoms with Gasteiger partial charge in [0.25, 0.3) is 5.91 Å². The number of aliphatic carboxylic acids is 1. The first-order chi connectivity index (χ1) is 18.9. The minimum Gasteiger partial charge on any atom is -0.480 e. The van der Waals surface area contributed by atoms with E-state index in [9.17, 15) is 23.3 Å². The number of hydrogen-bond acceptors (Lipinski definition) is 6. The highest BCUT2D eigenvalue weighted by atomic mass is 35.5. The molecule has 1 saturated heterocycles. The molecular formula is C28H26Cl2N4O5S. The summed E-state index contributed by atoms with van der Waals surface area (Å²) in [6.45, 7) is 2.02. The van der Waals surface area contributed by atoms with Crippen LogP contribution in [-0.4, -0.2) is 61.7 Å². The largest absolute Gasteiger partial charge is 0.480 e. The number of halogens is 2. The molecule has 0 spiro atoms. The van der Waals surface area contributed by atoms with E-state index in [2.05, 4.69) is 10.2 Å². The molecule has 12 heteroatoms. The number of sulfonamides is 1. The number of rotatable bonds is 9. The zero-order chi connectivity index (χ0) is 29.2. The van der Waals surface area contributed by atoms with E-state index in [4.69, 9.17) is 28.3 Å². The fraction of sp³-hybridized carbons (Fsp3) is 0.250. The van der Waals surface area contributed by atoms with Crippen LogP contribution in [0.25, 0.3) is 0 Å². The number of carbonyl (C=O) groups is 2. The normalized spacial score (nSPS) is 14.7. The number of nitriles is 1. The van der Waals surface area contributed by atoms with Gasteiger partial charge in [0, 0.05) is 28.7 Å². The number of nitrogens with one attached hydrogen (secondary N) is 1. The highest BCUT2D eigenvalue weighted by Gasteiger charge is 2.41. The summed E-state index contributed by atoms with van der Waals surface area (Å²) in [6, 6.07) is 19.0. The van der Waals surface area contributed by atoms with Crippen LogP contribution < -0.4 is 9.62 Å². The van der Waals surface area contributed by atoms with Crippen molar-refractivity contribution in [2.75, 3.05) is 23.7 Å². The number of carboxylic acid groups (broad SMARTS) is 1. The third kappa shape index (κ3) is 6.57. The number of anilines is 1. The summed E-state index contributed by atoms with van der Waals surface area (Å²) >= 11 is 12.2. The second-order valence-electron chi connectivity index (χ2n) is 9.59. The van der Waals surface area contributed by atoms with Crippen LogP contribution in [0.15, 0.2) is 66.7 Å². The van der Waals surface area contributed by atoms with Gasteiger partial charge in [0.05, 0.1) is 35.7 Å². The minimum atomic E-state index is -3.84. The van der Waals surface area contributed by atoms with Crippen molar-refractivity contribution in [1.82, 2.24) is 10.2 Å². The Morgan fingerprint density at radius 1 is 1.02 bits per heavy atom. The van der Waals surface area contributed by atoms with Gasteiger partial charge in [-0.3, -0.25) is 18.8 Å². The van der Waals surface area contributed by atoms with E-state index in [1.54, 1.807) is 24.3 Å². The molecule has 1 fully saturated rings. The van der Waals surface area contributed by atoms with Crippen molar-refractivity contribution < 1.29 is 23.1 Å². The molecule has 9 nitrogen and oxygen atoms in total. The average molecular weight is 602 g/mol. The Morgan fingerprint density at radius 3 is 2.00 bits per heavy atom. The Balaban J connectivity index is 1.66. The SMILES string of the molecule is C[C@H](NC(=O)c1cc(C#N)cc(N(C2CN(C(c3ccc(Cl)cc3)c3ccc(Cl)cc3)C2)S(C)(=O)=O)c1)C(=O)O. The monoisotopic (exact) mass is 600 g/mol. The molecule has 0 aliphatic carbocycles. The molecule has 0 saturated carbocycles.